The fourth-order valence-electron chi connectivity index (χ4n) is 1.67. The van der Waals surface area contributed by atoms with Gasteiger partial charge in [0.05, 0.1) is 11.4 Å². The van der Waals surface area contributed by atoms with Crippen LogP contribution < -0.4 is 11.1 Å². The van der Waals surface area contributed by atoms with Crippen LogP contribution in [0.3, 0.4) is 0 Å². The molecule has 2 rings (SSSR count). The lowest BCUT2D eigenvalue weighted by molar-refractivity contribution is 0.630. The number of benzene rings is 1. The lowest BCUT2D eigenvalue weighted by Gasteiger charge is -2.07. The van der Waals surface area contributed by atoms with Gasteiger partial charge in [-0.2, -0.15) is 0 Å². The van der Waals surface area contributed by atoms with Crippen LogP contribution in [0.15, 0.2) is 40.2 Å². The fourth-order valence-corrected chi connectivity index (χ4v) is 1.67. The topological polar surface area (TPSA) is 61.6 Å². The van der Waals surface area contributed by atoms with Gasteiger partial charge in [-0.05, 0) is 24.6 Å². The standard InChI is InChI=1S/C11H11N4O/c1-8-10(13-12)11(16)15(14(8)2)9-6-4-3-5-7-9/h3-7H,1-2H3. The van der Waals surface area contributed by atoms with Crippen molar-refractivity contribution in [1.29, 1.82) is 0 Å². The number of nitrogens with zero attached hydrogens (tertiary/aromatic N) is 4. The molecule has 1 aromatic heterocycles. The summed E-state index contributed by atoms with van der Waals surface area (Å²) in [7, 11) is 1.75. The minimum Gasteiger partial charge on any atom is -0.283 e. The molecule has 2 aromatic rings. The third kappa shape index (κ3) is 1.37. The van der Waals surface area contributed by atoms with Crippen LogP contribution in [-0.2, 0) is 7.05 Å². The Morgan fingerprint density at radius 1 is 1.25 bits per heavy atom. The van der Waals surface area contributed by atoms with Crippen molar-refractivity contribution in [2.75, 3.05) is 0 Å². The highest BCUT2D eigenvalue weighted by atomic mass is 16.1. The molecular weight excluding hydrogens is 204 g/mol. The summed E-state index contributed by atoms with van der Waals surface area (Å²) < 4.78 is 3.12. The van der Waals surface area contributed by atoms with Gasteiger partial charge in [0.2, 0.25) is 0 Å². The molecule has 1 aromatic carbocycles. The van der Waals surface area contributed by atoms with E-state index in [1.54, 1.807) is 18.7 Å². The molecule has 1 heterocycles. The Bertz CT molecular complexity index is 580. The first-order valence-electron chi connectivity index (χ1n) is 4.86. The Morgan fingerprint density at radius 2 is 1.88 bits per heavy atom. The van der Waals surface area contributed by atoms with E-state index in [0.29, 0.717) is 5.69 Å². The minimum atomic E-state index is -0.325. The summed E-state index contributed by atoms with van der Waals surface area (Å²) in [5, 5.41) is 3.02. The first kappa shape index (κ1) is 10.4. The van der Waals surface area contributed by atoms with Crippen molar-refractivity contribution in [1.82, 2.24) is 14.9 Å². The Hall–Kier alpha value is -2.17. The molecule has 0 atom stereocenters. The average Bonchev–Trinajstić information content (AvgIpc) is 2.51. The Morgan fingerprint density at radius 3 is 2.38 bits per heavy atom. The van der Waals surface area contributed by atoms with Crippen molar-refractivity contribution in [2.45, 2.75) is 6.92 Å². The summed E-state index contributed by atoms with van der Waals surface area (Å²) >= 11 is 0. The largest absolute Gasteiger partial charge is 0.299 e. The van der Waals surface area contributed by atoms with Gasteiger partial charge in [-0.15, -0.1) is 5.11 Å². The Labute approximate surface area is 92.4 Å². The zero-order valence-corrected chi connectivity index (χ0v) is 9.08. The molecule has 81 valence electrons. The molecule has 0 N–H and O–H groups in total. The number of aromatic nitrogens is 2. The third-order valence-electron chi connectivity index (χ3n) is 2.62. The van der Waals surface area contributed by atoms with Crippen LogP contribution in [0.5, 0.6) is 0 Å². The number of para-hydroxylation sites is 1. The molecule has 0 bridgehead atoms. The molecule has 0 amide bonds. The molecule has 5 nitrogen and oxygen atoms in total. The predicted octanol–water partition coefficient (Wildman–Crippen LogP) is 1.37. The summed E-state index contributed by atoms with van der Waals surface area (Å²) in [6, 6.07) is 9.21. The molecule has 16 heavy (non-hydrogen) atoms. The molecule has 0 saturated heterocycles. The second-order valence-electron chi connectivity index (χ2n) is 3.51. The van der Waals surface area contributed by atoms with Gasteiger partial charge in [0, 0.05) is 7.05 Å². The summed E-state index contributed by atoms with van der Waals surface area (Å²) in [5.41, 5.74) is 9.90. The quantitative estimate of drug-likeness (QED) is 0.698. The van der Waals surface area contributed by atoms with Gasteiger partial charge in [0.25, 0.3) is 5.56 Å². The molecule has 0 fully saturated rings. The number of rotatable bonds is 2. The molecule has 0 saturated carbocycles. The predicted molar refractivity (Wildman–Crippen MR) is 60.0 cm³/mol. The second-order valence-corrected chi connectivity index (χ2v) is 3.51. The normalized spacial score (nSPS) is 10.4. The van der Waals surface area contributed by atoms with E-state index >= 15 is 0 Å². The molecule has 0 aliphatic carbocycles. The van der Waals surface area contributed by atoms with Gasteiger partial charge in [-0.1, -0.05) is 18.2 Å². The van der Waals surface area contributed by atoms with Gasteiger partial charge in [-0.3, -0.25) is 9.48 Å². The van der Waals surface area contributed by atoms with Crippen LogP contribution in [0.25, 0.3) is 5.69 Å². The van der Waals surface area contributed by atoms with Crippen molar-refractivity contribution in [2.24, 2.45) is 12.2 Å². The van der Waals surface area contributed by atoms with Crippen molar-refractivity contribution in [3.63, 3.8) is 0 Å². The van der Waals surface area contributed by atoms with Crippen LogP contribution in [0, 0.1) is 6.92 Å². The van der Waals surface area contributed by atoms with Crippen LogP contribution in [0.1, 0.15) is 5.69 Å². The zero-order chi connectivity index (χ0) is 11.7. The molecule has 0 unspecified atom stereocenters. The van der Waals surface area contributed by atoms with E-state index in [9.17, 15) is 4.79 Å². The highest BCUT2D eigenvalue weighted by Crippen LogP contribution is 2.15. The van der Waals surface area contributed by atoms with Gasteiger partial charge in [0.15, 0.2) is 5.69 Å². The lowest BCUT2D eigenvalue weighted by atomic mass is 10.3. The fraction of sp³-hybridized carbons (Fsp3) is 0.182. The van der Waals surface area contributed by atoms with E-state index in [0.717, 1.165) is 5.69 Å². The highest BCUT2D eigenvalue weighted by molar-refractivity contribution is 5.43. The smallest absolute Gasteiger partial charge is 0.283 e. The molecule has 1 radical (unpaired) electrons. The van der Waals surface area contributed by atoms with Gasteiger partial charge < -0.3 is 0 Å². The van der Waals surface area contributed by atoms with E-state index in [1.165, 1.54) is 4.68 Å². The SMILES string of the molecule is Cc1c(N=[N])c(=O)n(-c2ccccc2)n1C. The summed E-state index contributed by atoms with van der Waals surface area (Å²) in [4.78, 5) is 11.9. The van der Waals surface area contributed by atoms with Crippen molar-refractivity contribution in [3.05, 3.63) is 46.4 Å². The van der Waals surface area contributed by atoms with Crippen LogP contribution >= 0.6 is 0 Å². The maximum Gasteiger partial charge on any atom is 0.299 e. The second kappa shape index (κ2) is 3.77. The average molecular weight is 215 g/mol. The Balaban J connectivity index is 2.77. The molecule has 0 spiro atoms. The van der Waals surface area contributed by atoms with E-state index in [4.69, 9.17) is 5.53 Å². The zero-order valence-electron chi connectivity index (χ0n) is 9.08. The lowest BCUT2D eigenvalue weighted by Crippen LogP contribution is -2.19. The van der Waals surface area contributed by atoms with Crippen molar-refractivity contribution < 1.29 is 0 Å². The monoisotopic (exact) mass is 215 g/mol. The van der Waals surface area contributed by atoms with Crippen LogP contribution in [0.2, 0.25) is 0 Å². The molecule has 0 aliphatic rings. The first-order valence-corrected chi connectivity index (χ1v) is 4.86. The van der Waals surface area contributed by atoms with Gasteiger partial charge in [0.1, 0.15) is 0 Å². The van der Waals surface area contributed by atoms with E-state index in [1.807, 2.05) is 30.3 Å². The molecule has 0 aliphatic heterocycles. The minimum absolute atomic E-state index is 0.0753. The number of hydrogen-bond donors (Lipinski definition) is 0. The van der Waals surface area contributed by atoms with Gasteiger partial charge >= 0.3 is 0 Å². The summed E-state index contributed by atoms with van der Waals surface area (Å²) in [6.45, 7) is 1.73. The van der Waals surface area contributed by atoms with Gasteiger partial charge in [-0.25, -0.2) is 4.68 Å². The summed E-state index contributed by atoms with van der Waals surface area (Å²) in [6.07, 6.45) is 0. The van der Waals surface area contributed by atoms with E-state index in [-0.39, 0.29) is 11.2 Å². The maximum atomic E-state index is 11.9. The van der Waals surface area contributed by atoms with Crippen LogP contribution in [0.4, 0.5) is 5.69 Å². The maximum absolute atomic E-state index is 11.9. The third-order valence-corrected chi connectivity index (χ3v) is 2.62. The van der Waals surface area contributed by atoms with E-state index in [2.05, 4.69) is 5.11 Å². The number of hydrogen-bond acceptors (Lipinski definition) is 2. The van der Waals surface area contributed by atoms with E-state index < -0.39 is 0 Å². The van der Waals surface area contributed by atoms with Crippen LogP contribution in [-0.4, -0.2) is 9.36 Å². The first-order chi connectivity index (χ1) is 7.66. The molecule has 5 heteroatoms. The van der Waals surface area contributed by atoms with Crippen molar-refractivity contribution in [3.8, 4) is 5.69 Å². The summed E-state index contributed by atoms with van der Waals surface area (Å²) in [5.74, 6) is 0. The highest BCUT2D eigenvalue weighted by Gasteiger charge is 2.15. The Kier molecular flexibility index (Phi) is 2.44. The van der Waals surface area contributed by atoms with Crippen molar-refractivity contribution >= 4 is 5.69 Å². The molecular formula is C11H11N4O.